The molecule has 0 N–H and O–H groups in total. The third-order valence-electron chi connectivity index (χ3n) is 5.00. The van der Waals surface area contributed by atoms with Crippen LogP contribution in [-0.4, -0.2) is 20.3 Å². The molecule has 0 atom stereocenters. The van der Waals surface area contributed by atoms with Crippen LogP contribution in [0.3, 0.4) is 0 Å². The molecule has 2 aromatic carbocycles. The molecule has 0 saturated carbocycles. The van der Waals surface area contributed by atoms with Gasteiger partial charge < -0.3 is 0 Å². The van der Waals surface area contributed by atoms with Gasteiger partial charge in [-0.25, -0.2) is 4.98 Å². The van der Waals surface area contributed by atoms with Gasteiger partial charge in [0.05, 0.1) is 28.7 Å². The Hall–Kier alpha value is -3.35. The van der Waals surface area contributed by atoms with E-state index < -0.39 is 10.5 Å². The van der Waals surface area contributed by atoms with Crippen molar-refractivity contribution in [2.75, 3.05) is 0 Å². The number of aromatic nitrogens is 2. The number of carbonyl (C=O) groups is 1. The van der Waals surface area contributed by atoms with E-state index >= 15 is 0 Å². The number of nitrogens with zero attached hydrogens (tertiary/aromatic N) is 3. The predicted molar refractivity (Wildman–Crippen MR) is 100 cm³/mol. The Bertz CT molecular complexity index is 1130. The summed E-state index contributed by atoms with van der Waals surface area (Å²) in [6.07, 6.45) is 5.61. The normalized spacial score (nSPS) is 13.3. The topological polar surface area (TPSA) is 95.1 Å². The molecule has 0 bridgehead atoms. The van der Waals surface area contributed by atoms with E-state index in [1.165, 1.54) is 46.6 Å². The minimum absolute atomic E-state index is 0.130. The van der Waals surface area contributed by atoms with Crippen LogP contribution in [0.4, 0.5) is 5.69 Å². The molecule has 3 aromatic rings. The van der Waals surface area contributed by atoms with Gasteiger partial charge in [0.2, 0.25) is 0 Å². The van der Waals surface area contributed by atoms with Crippen LogP contribution in [0.25, 0.3) is 10.9 Å². The van der Waals surface area contributed by atoms with E-state index in [4.69, 9.17) is 0 Å². The fraction of sp³-hybridized carbons (Fsp3) is 0.250. The smallest absolute Gasteiger partial charge is 0.270 e. The molecule has 0 saturated heterocycles. The first-order valence-corrected chi connectivity index (χ1v) is 8.81. The predicted octanol–water partition coefficient (Wildman–Crippen LogP) is 3.07. The molecule has 0 aliphatic heterocycles. The Morgan fingerprint density at radius 1 is 1.11 bits per heavy atom. The molecule has 1 heterocycles. The molecule has 0 spiro atoms. The second kappa shape index (κ2) is 6.75. The molecule has 0 radical (unpaired) electrons. The number of benzene rings is 2. The van der Waals surface area contributed by atoms with E-state index in [0.717, 1.165) is 19.3 Å². The third-order valence-corrected chi connectivity index (χ3v) is 5.00. The second-order valence-corrected chi connectivity index (χ2v) is 6.75. The molecule has 0 amide bonds. The van der Waals surface area contributed by atoms with Gasteiger partial charge in [0.1, 0.15) is 0 Å². The largest absolute Gasteiger partial charge is 0.292 e. The summed E-state index contributed by atoms with van der Waals surface area (Å²) in [5, 5.41) is 11.1. The van der Waals surface area contributed by atoms with Crippen LogP contribution in [0.15, 0.2) is 47.5 Å². The number of hydrogen-bond donors (Lipinski definition) is 0. The number of ketones is 1. The first-order chi connectivity index (χ1) is 13.0. The summed E-state index contributed by atoms with van der Waals surface area (Å²) < 4.78 is 1.20. The summed E-state index contributed by atoms with van der Waals surface area (Å²) in [6, 6.07) is 9.65. The number of nitro groups is 1. The van der Waals surface area contributed by atoms with Gasteiger partial charge in [-0.05, 0) is 48.9 Å². The molecule has 136 valence electrons. The molecule has 0 fully saturated rings. The monoisotopic (exact) mass is 363 g/mol. The van der Waals surface area contributed by atoms with Gasteiger partial charge in [-0.2, -0.15) is 0 Å². The maximum absolute atomic E-state index is 12.7. The van der Waals surface area contributed by atoms with Gasteiger partial charge in [0, 0.05) is 17.7 Å². The zero-order valence-corrected chi connectivity index (χ0v) is 14.6. The van der Waals surface area contributed by atoms with Crippen LogP contribution in [0.1, 0.15) is 34.3 Å². The van der Waals surface area contributed by atoms with Gasteiger partial charge in [0.25, 0.3) is 11.2 Å². The van der Waals surface area contributed by atoms with Crippen molar-refractivity contribution in [1.82, 2.24) is 9.55 Å². The van der Waals surface area contributed by atoms with Gasteiger partial charge in [0.15, 0.2) is 5.78 Å². The highest BCUT2D eigenvalue weighted by atomic mass is 16.6. The van der Waals surface area contributed by atoms with Crippen molar-refractivity contribution in [3.63, 3.8) is 0 Å². The van der Waals surface area contributed by atoms with Gasteiger partial charge in [-0.15, -0.1) is 0 Å². The van der Waals surface area contributed by atoms with Crippen LogP contribution in [0.2, 0.25) is 0 Å². The van der Waals surface area contributed by atoms with Gasteiger partial charge in [-0.3, -0.25) is 24.3 Å². The summed E-state index contributed by atoms with van der Waals surface area (Å²) in [5.41, 5.74) is 2.78. The minimum Gasteiger partial charge on any atom is -0.292 e. The lowest BCUT2D eigenvalue weighted by atomic mass is 9.90. The molecule has 27 heavy (non-hydrogen) atoms. The SMILES string of the molecule is O=C(Cn1cnc2ccc([N+](=O)[O-])cc2c1=O)c1ccc2c(c1)CCCC2. The van der Waals surface area contributed by atoms with E-state index in [9.17, 15) is 19.7 Å². The highest BCUT2D eigenvalue weighted by Crippen LogP contribution is 2.22. The number of rotatable bonds is 4. The molecular formula is C20H17N3O4. The lowest BCUT2D eigenvalue weighted by molar-refractivity contribution is -0.384. The number of nitro benzene ring substituents is 1. The average molecular weight is 363 g/mol. The molecule has 1 aliphatic carbocycles. The Kier molecular flexibility index (Phi) is 4.27. The van der Waals surface area contributed by atoms with Gasteiger partial charge >= 0.3 is 0 Å². The zero-order valence-electron chi connectivity index (χ0n) is 14.6. The maximum Gasteiger partial charge on any atom is 0.270 e. The van der Waals surface area contributed by atoms with Crippen molar-refractivity contribution < 1.29 is 9.72 Å². The van der Waals surface area contributed by atoms with Crippen molar-refractivity contribution in [2.24, 2.45) is 0 Å². The number of aryl methyl sites for hydroxylation is 2. The van der Waals surface area contributed by atoms with Crippen molar-refractivity contribution in [1.29, 1.82) is 0 Å². The lowest BCUT2D eigenvalue weighted by Gasteiger charge is -2.16. The standard InChI is InChI=1S/C20H17N3O4/c24-19(15-6-5-13-3-1-2-4-14(13)9-15)11-22-12-21-18-8-7-16(23(26)27)10-17(18)20(22)25/h5-10,12H,1-4,11H2. The highest BCUT2D eigenvalue weighted by molar-refractivity contribution is 5.96. The van der Waals surface area contributed by atoms with E-state index in [1.54, 1.807) is 6.07 Å². The number of fused-ring (bicyclic) bond motifs is 2. The summed E-state index contributed by atoms with van der Waals surface area (Å²) >= 11 is 0. The summed E-state index contributed by atoms with van der Waals surface area (Å²) in [7, 11) is 0. The third kappa shape index (κ3) is 3.23. The number of hydrogen-bond acceptors (Lipinski definition) is 5. The van der Waals surface area contributed by atoms with Crippen LogP contribution in [0, 0.1) is 10.1 Å². The van der Waals surface area contributed by atoms with Crippen molar-refractivity contribution >= 4 is 22.4 Å². The quantitative estimate of drug-likeness (QED) is 0.403. The maximum atomic E-state index is 12.7. The minimum atomic E-state index is -0.561. The molecule has 7 nitrogen and oxygen atoms in total. The Labute approximate surface area is 154 Å². The number of Topliss-reactive ketones (excluding diaryl/α,β-unsaturated/α-hetero) is 1. The fourth-order valence-electron chi connectivity index (χ4n) is 3.53. The molecule has 4 rings (SSSR count). The molecular weight excluding hydrogens is 346 g/mol. The lowest BCUT2D eigenvalue weighted by Crippen LogP contribution is -2.25. The summed E-state index contributed by atoms with van der Waals surface area (Å²) in [6.45, 7) is -0.150. The van der Waals surface area contributed by atoms with E-state index in [0.29, 0.717) is 11.1 Å². The Morgan fingerprint density at radius 2 is 1.89 bits per heavy atom. The van der Waals surface area contributed by atoms with E-state index in [-0.39, 0.29) is 23.4 Å². The van der Waals surface area contributed by atoms with Crippen LogP contribution in [0.5, 0.6) is 0 Å². The van der Waals surface area contributed by atoms with Crippen molar-refractivity contribution in [3.8, 4) is 0 Å². The zero-order chi connectivity index (χ0) is 19.0. The number of non-ortho nitro benzene ring substituents is 1. The van der Waals surface area contributed by atoms with Crippen LogP contribution >= 0.6 is 0 Å². The first-order valence-electron chi connectivity index (χ1n) is 8.81. The second-order valence-electron chi connectivity index (χ2n) is 6.75. The van der Waals surface area contributed by atoms with Gasteiger partial charge in [-0.1, -0.05) is 12.1 Å². The number of carbonyl (C=O) groups excluding carboxylic acids is 1. The Balaban J connectivity index is 1.66. The van der Waals surface area contributed by atoms with E-state index in [1.807, 2.05) is 12.1 Å². The molecule has 0 unspecified atom stereocenters. The fourth-order valence-corrected chi connectivity index (χ4v) is 3.53. The average Bonchev–Trinajstić information content (AvgIpc) is 2.69. The highest BCUT2D eigenvalue weighted by Gasteiger charge is 2.15. The summed E-state index contributed by atoms with van der Waals surface area (Å²) in [5.74, 6) is -0.183. The molecule has 1 aromatic heterocycles. The summed E-state index contributed by atoms with van der Waals surface area (Å²) in [4.78, 5) is 39.8. The van der Waals surface area contributed by atoms with Crippen LogP contribution < -0.4 is 5.56 Å². The van der Waals surface area contributed by atoms with E-state index in [2.05, 4.69) is 4.98 Å². The van der Waals surface area contributed by atoms with Crippen molar-refractivity contribution in [2.45, 2.75) is 32.2 Å². The van der Waals surface area contributed by atoms with Crippen LogP contribution in [-0.2, 0) is 19.4 Å². The Morgan fingerprint density at radius 3 is 2.67 bits per heavy atom. The molecule has 1 aliphatic rings. The van der Waals surface area contributed by atoms with Crippen molar-refractivity contribution in [3.05, 3.63) is 79.9 Å². The first kappa shape index (κ1) is 17.1. The molecule has 7 heteroatoms.